The number of aromatic nitrogens is 1. The van der Waals surface area contributed by atoms with Gasteiger partial charge in [-0.25, -0.2) is 0 Å². The summed E-state index contributed by atoms with van der Waals surface area (Å²) in [6.07, 6.45) is 6.00. The van der Waals surface area contributed by atoms with Gasteiger partial charge in [0.25, 0.3) is 0 Å². The topological polar surface area (TPSA) is 37.0 Å². The molecule has 0 aliphatic carbocycles. The molecule has 0 amide bonds. The van der Waals surface area contributed by atoms with Gasteiger partial charge in [0.05, 0.1) is 10.2 Å². The number of rotatable bonds is 2. The van der Waals surface area contributed by atoms with Gasteiger partial charge in [-0.05, 0) is 48.3 Å². The van der Waals surface area contributed by atoms with Crippen molar-refractivity contribution in [3.63, 3.8) is 0 Å². The standard InChI is InChI=1S/C11H16BrN3/c1-8-6-9(2-5-14-8)15-11-3-4-13-7-10(11)12/h3-4,7-9,14H,2,5-6H2,1H3,(H,13,15). The minimum Gasteiger partial charge on any atom is -0.381 e. The van der Waals surface area contributed by atoms with Crippen molar-refractivity contribution in [3.05, 3.63) is 22.9 Å². The summed E-state index contributed by atoms with van der Waals surface area (Å²) in [6.45, 7) is 3.33. The molecular formula is C11H16BrN3. The van der Waals surface area contributed by atoms with Gasteiger partial charge in [-0.15, -0.1) is 0 Å². The van der Waals surface area contributed by atoms with Gasteiger partial charge < -0.3 is 10.6 Å². The van der Waals surface area contributed by atoms with Crippen LogP contribution in [0.1, 0.15) is 19.8 Å². The average molecular weight is 270 g/mol. The van der Waals surface area contributed by atoms with Crippen LogP contribution in [0.2, 0.25) is 0 Å². The summed E-state index contributed by atoms with van der Waals surface area (Å²) in [4.78, 5) is 4.05. The number of pyridine rings is 1. The van der Waals surface area contributed by atoms with E-state index in [0.29, 0.717) is 12.1 Å². The van der Waals surface area contributed by atoms with Crippen LogP contribution in [-0.2, 0) is 0 Å². The van der Waals surface area contributed by atoms with Gasteiger partial charge in [0, 0.05) is 24.5 Å². The van der Waals surface area contributed by atoms with Gasteiger partial charge in [-0.1, -0.05) is 0 Å². The van der Waals surface area contributed by atoms with E-state index in [-0.39, 0.29) is 0 Å². The number of hydrogen-bond acceptors (Lipinski definition) is 3. The molecule has 1 saturated heterocycles. The van der Waals surface area contributed by atoms with Crippen molar-refractivity contribution in [2.24, 2.45) is 0 Å². The molecule has 15 heavy (non-hydrogen) atoms. The summed E-state index contributed by atoms with van der Waals surface area (Å²) in [5.74, 6) is 0. The molecule has 4 heteroatoms. The van der Waals surface area contributed by atoms with Gasteiger partial charge in [-0.2, -0.15) is 0 Å². The molecule has 1 aliphatic heterocycles. The Kier molecular flexibility index (Phi) is 3.59. The number of nitrogens with one attached hydrogen (secondary N) is 2. The number of piperidine rings is 1. The van der Waals surface area contributed by atoms with Crippen LogP contribution in [0.3, 0.4) is 0 Å². The molecular weight excluding hydrogens is 254 g/mol. The average Bonchev–Trinajstić information content (AvgIpc) is 2.22. The van der Waals surface area contributed by atoms with Crippen LogP contribution in [0.25, 0.3) is 0 Å². The smallest absolute Gasteiger partial charge is 0.0590 e. The summed E-state index contributed by atoms with van der Waals surface area (Å²) in [7, 11) is 0. The first-order valence-electron chi connectivity index (χ1n) is 5.35. The van der Waals surface area contributed by atoms with Gasteiger partial charge in [-0.3, -0.25) is 4.98 Å². The largest absolute Gasteiger partial charge is 0.381 e. The van der Waals surface area contributed by atoms with Gasteiger partial charge in [0.15, 0.2) is 0 Å². The van der Waals surface area contributed by atoms with Gasteiger partial charge >= 0.3 is 0 Å². The Balaban J connectivity index is 1.99. The van der Waals surface area contributed by atoms with Crippen LogP contribution >= 0.6 is 15.9 Å². The number of nitrogens with zero attached hydrogens (tertiary/aromatic N) is 1. The fourth-order valence-corrected chi connectivity index (χ4v) is 2.34. The number of hydrogen-bond donors (Lipinski definition) is 2. The van der Waals surface area contributed by atoms with Crippen molar-refractivity contribution in [2.75, 3.05) is 11.9 Å². The molecule has 1 aliphatic rings. The maximum Gasteiger partial charge on any atom is 0.0590 e. The number of anilines is 1. The first kappa shape index (κ1) is 10.9. The van der Waals surface area contributed by atoms with Crippen LogP contribution in [0.4, 0.5) is 5.69 Å². The van der Waals surface area contributed by atoms with E-state index in [2.05, 4.69) is 38.5 Å². The highest BCUT2D eigenvalue weighted by Gasteiger charge is 2.18. The minimum absolute atomic E-state index is 0.569. The molecule has 1 fully saturated rings. The van der Waals surface area contributed by atoms with Crippen LogP contribution < -0.4 is 10.6 Å². The van der Waals surface area contributed by atoms with Crippen molar-refractivity contribution in [1.82, 2.24) is 10.3 Å². The molecule has 2 unspecified atom stereocenters. The molecule has 82 valence electrons. The quantitative estimate of drug-likeness (QED) is 0.866. The molecule has 0 saturated carbocycles. The van der Waals surface area contributed by atoms with Crippen molar-refractivity contribution < 1.29 is 0 Å². The van der Waals surface area contributed by atoms with E-state index in [9.17, 15) is 0 Å². The summed E-state index contributed by atoms with van der Waals surface area (Å²) in [5, 5.41) is 7.00. The molecule has 1 aromatic rings. The van der Waals surface area contributed by atoms with Crippen molar-refractivity contribution in [1.29, 1.82) is 0 Å². The molecule has 2 atom stereocenters. The maximum atomic E-state index is 4.05. The fraction of sp³-hybridized carbons (Fsp3) is 0.545. The molecule has 2 rings (SSSR count). The van der Waals surface area contributed by atoms with Crippen LogP contribution in [-0.4, -0.2) is 23.6 Å². The molecule has 0 bridgehead atoms. The summed E-state index contributed by atoms with van der Waals surface area (Å²) in [5.41, 5.74) is 1.14. The molecule has 3 nitrogen and oxygen atoms in total. The second-order valence-corrected chi connectivity index (χ2v) is 4.93. The Bertz CT molecular complexity index is 329. The van der Waals surface area contributed by atoms with Crippen molar-refractivity contribution >= 4 is 21.6 Å². The van der Waals surface area contributed by atoms with Crippen LogP contribution in [0, 0.1) is 0 Å². The van der Waals surface area contributed by atoms with E-state index >= 15 is 0 Å². The zero-order chi connectivity index (χ0) is 10.7. The highest BCUT2D eigenvalue weighted by molar-refractivity contribution is 9.10. The third-order valence-corrected chi connectivity index (χ3v) is 3.39. The summed E-state index contributed by atoms with van der Waals surface area (Å²) in [6, 6.07) is 3.19. The molecule has 1 aromatic heterocycles. The Labute approximate surface area is 98.8 Å². The van der Waals surface area contributed by atoms with Gasteiger partial charge in [0.2, 0.25) is 0 Å². The van der Waals surface area contributed by atoms with Crippen molar-refractivity contribution in [2.45, 2.75) is 31.8 Å². The minimum atomic E-state index is 0.569. The van der Waals surface area contributed by atoms with Crippen molar-refractivity contribution in [3.8, 4) is 0 Å². The molecule has 2 N–H and O–H groups in total. The zero-order valence-corrected chi connectivity index (χ0v) is 10.4. The Morgan fingerprint density at radius 2 is 2.47 bits per heavy atom. The summed E-state index contributed by atoms with van der Waals surface area (Å²) < 4.78 is 1.04. The van der Waals surface area contributed by atoms with Crippen LogP contribution in [0.5, 0.6) is 0 Å². The van der Waals surface area contributed by atoms with E-state index in [4.69, 9.17) is 0 Å². The Hall–Kier alpha value is -0.610. The lowest BCUT2D eigenvalue weighted by molar-refractivity contribution is 0.396. The summed E-state index contributed by atoms with van der Waals surface area (Å²) >= 11 is 3.50. The van der Waals surface area contributed by atoms with Crippen LogP contribution in [0.15, 0.2) is 22.9 Å². The lowest BCUT2D eigenvalue weighted by Crippen LogP contribution is -2.41. The van der Waals surface area contributed by atoms with E-state index in [1.165, 1.54) is 12.8 Å². The lowest BCUT2D eigenvalue weighted by Gasteiger charge is -2.29. The SMILES string of the molecule is CC1CC(Nc2ccncc2Br)CCN1. The maximum absolute atomic E-state index is 4.05. The first-order chi connectivity index (χ1) is 7.25. The van der Waals surface area contributed by atoms with E-state index in [1.54, 1.807) is 0 Å². The Morgan fingerprint density at radius 1 is 1.60 bits per heavy atom. The highest BCUT2D eigenvalue weighted by atomic mass is 79.9. The fourth-order valence-electron chi connectivity index (χ4n) is 1.98. The van der Waals surface area contributed by atoms with E-state index in [0.717, 1.165) is 16.7 Å². The first-order valence-corrected chi connectivity index (χ1v) is 6.14. The zero-order valence-electron chi connectivity index (χ0n) is 8.83. The molecule has 0 radical (unpaired) electrons. The second kappa shape index (κ2) is 4.94. The third-order valence-electron chi connectivity index (χ3n) is 2.76. The Morgan fingerprint density at radius 3 is 3.20 bits per heavy atom. The van der Waals surface area contributed by atoms with Gasteiger partial charge in [0.1, 0.15) is 0 Å². The molecule has 2 heterocycles. The monoisotopic (exact) mass is 269 g/mol. The predicted octanol–water partition coefficient (Wildman–Crippen LogP) is 2.40. The molecule has 0 aromatic carbocycles. The lowest BCUT2D eigenvalue weighted by atomic mass is 10.0. The third kappa shape index (κ3) is 2.92. The van der Waals surface area contributed by atoms with E-state index in [1.807, 2.05) is 18.5 Å². The predicted molar refractivity (Wildman–Crippen MR) is 66.0 cm³/mol. The normalized spacial score (nSPS) is 26.3. The number of halogens is 1. The molecule has 0 spiro atoms. The van der Waals surface area contributed by atoms with E-state index < -0.39 is 0 Å². The second-order valence-electron chi connectivity index (χ2n) is 4.08. The highest BCUT2D eigenvalue weighted by Crippen LogP contribution is 2.23.